The zero-order valence-electron chi connectivity index (χ0n) is 7.83. The Balaban J connectivity index is 2.86. The van der Waals surface area contributed by atoms with Crippen LogP contribution in [0.2, 0.25) is 0 Å². The Bertz CT molecular complexity index is 317. The lowest BCUT2D eigenvalue weighted by Crippen LogP contribution is -2.36. The van der Waals surface area contributed by atoms with Crippen LogP contribution >= 0.6 is 11.3 Å². The molecule has 0 bridgehead atoms. The van der Waals surface area contributed by atoms with E-state index in [1.807, 2.05) is 26.0 Å². The van der Waals surface area contributed by atoms with Crippen molar-refractivity contribution in [1.82, 2.24) is 0 Å². The van der Waals surface area contributed by atoms with Gasteiger partial charge in [0, 0.05) is 16.2 Å². The van der Waals surface area contributed by atoms with Gasteiger partial charge in [-0.3, -0.25) is 4.79 Å². The highest BCUT2D eigenvalue weighted by molar-refractivity contribution is 7.12. The van der Waals surface area contributed by atoms with E-state index >= 15 is 0 Å². The molecule has 0 spiro atoms. The van der Waals surface area contributed by atoms with Crippen molar-refractivity contribution >= 4 is 17.2 Å². The number of thiophene rings is 1. The van der Waals surface area contributed by atoms with E-state index in [4.69, 9.17) is 11.5 Å². The van der Waals surface area contributed by atoms with Crippen LogP contribution in [-0.4, -0.2) is 5.91 Å². The van der Waals surface area contributed by atoms with Gasteiger partial charge in [0.05, 0.1) is 5.54 Å². The molecule has 1 unspecified atom stereocenters. The molecule has 1 heterocycles. The Morgan fingerprint density at radius 1 is 1.62 bits per heavy atom. The number of amides is 1. The van der Waals surface area contributed by atoms with Gasteiger partial charge in [0.1, 0.15) is 0 Å². The fraction of sp³-hybridized carbons (Fsp3) is 0.444. The van der Waals surface area contributed by atoms with Gasteiger partial charge in [-0.25, -0.2) is 0 Å². The van der Waals surface area contributed by atoms with Crippen molar-refractivity contribution in [1.29, 1.82) is 0 Å². The van der Waals surface area contributed by atoms with E-state index in [9.17, 15) is 4.79 Å². The normalized spacial score (nSPS) is 15.3. The maximum Gasteiger partial charge on any atom is 0.219 e. The van der Waals surface area contributed by atoms with Gasteiger partial charge in [0.15, 0.2) is 0 Å². The van der Waals surface area contributed by atoms with Gasteiger partial charge < -0.3 is 11.5 Å². The molecule has 1 aromatic heterocycles. The van der Waals surface area contributed by atoms with Crippen LogP contribution in [0.3, 0.4) is 0 Å². The molecule has 1 amide bonds. The summed E-state index contributed by atoms with van der Waals surface area (Å²) >= 11 is 1.60. The predicted octanol–water partition coefficient (Wildman–Crippen LogP) is 1.11. The zero-order valence-corrected chi connectivity index (χ0v) is 8.65. The molecule has 1 aromatic rings. The van der Waals surface area contributed by atoms with Gasteiger partial charge in [0.2, 0.25) is 5.91 Å². The van der Waals surface area contributed by atoms with E-state index in [0.717, 1.165) is 4.88 Å². The van der Waals surface area contributed by atoms with E-state index in [-0.39, 0.29) is 12.3 Å². The smallest absolute Gasteiger partial charge is 0.219 e. The molecule has 0 fully saturated rings. The lowest BCUT2D eigenvalue weighted by molar-refractivity contribution is -0.119. The summed E-state index contributed by atoms with van der Waals surface area (Å²) in [7, 11) is 0. The molecule has 0 radical (unpaired) electrons. The molecule has 4 heteroatoms. The first-order chi connectivity index (χ1) is 5.92. The van der Waals surface area contributed by atoms with Crippen LogP contribution in [0.5, 0.6) is 0 Å². The van der Waals surface area contributed by atoms with E-state index in [1.54, 1.807) is 11.3 Å². The third kappa shape index (κ3) is 2.54. The number of nitrogens with two attached hydrogens (primary N) is 2. The van der Waals surface area contributed by atoms with Crippen LogP contribution in [0.4, 0.5) is 0 Å². The van der Waals surface area contributed by atoms with Crippen molar-refractivity contribution in [2.24, 2.45) is 11.5 Å². The average Bonchev–Trinajstić information content (AvgIpc) is 2.32. The number of aryl methyl sites for hydroxylation is 1. The molecule has 13 heavy (non-hydrogen) atoms. The Hall–Kier alpha value is -0.870. The van der Waals surface area contributed by atoms with Gasteiger partial charge in [-0.05, 0) is 26.0 Å². The maximum absolute atomic E-state index is 10.7. The minimum Gasteiger partial charge on any atom is -0.370 e. The van der Waals surface area contributed by atoms with Crippen molar-refractivity contribution in [3.63, 3.8) is 0 Å². The Labute approximate surface area is 81.7 Å². The number of primary amides is 1. The molecule has 0 aliphatic heterocycles. The fourth-order valence-electron chi connectivity index (χ4n) is 1.19. The lowest BCUT2D eigenvalue weighted by Gasteiger charge is -2.20. The highest BCUT2D eigenvalue weighted by Gasteiger charge is 2.24. The molecule has 4 N–H and O–H groups in total. The van der Waals surface area contributed by atoms with Crippen LogP contribution in [0.15, 0.2) is 12.1 Å². The molecule has 72 valence electrons. The van der Waals surface area contributed by atoms with Crippen LogP contribution < -0.4 is 11.5 Å². The fourth-order valence-corrected chi connectivity index (χ4v) is 2.11. The summed E-state index contributed by atoms with van der Waals surface area (Å²) < 4.78 is 0. The first-order valence-corrected chi connectivity index (χ1v) is 4.87. The van der Waals surface area contributed by atoms with Crippen LogP contribution in [0.1, 0.15) is 23.1 Å². The van der Waals surface area contributed by atoms with Gasteiger partial charge in [0.25, 0.3) is 0 Å². The minimum atomic E-state index is -0.620. The second-order valence-corrected chi connectivity index (χ2v) is 4.76. The molecule has 0 saturated heterocycles. The minimum absolute atomic E-state index is 0.187. The van der Waals surface area contributed by atoms with Gasteiger partial charge in [-0.15, -0.1) is 11.3 Å². The standard InChI is InChI=1S/C9H14N2OS/c1-6-3-4-7(13-6)9(2,11)5-8(10)12/h3-4H,5,11H2,1-2H3,(H2,10,12). The van der Waals surface area contributed by atoms with Crippen molar-refractivity contribution in [3.8, 4) is 0 Å². The SMILES string of the molecule is Cc1ccc(C(C)(N)CC(N)=O)s1. The monoisotopic (exact) mass is 198 g/mol. The molecule has 0 aliphatic rings. The van der Waals surface area contributed by atoms with Gasteiger partial charge in [-0.2, -0.15) is 0 Å². The first kappa shape index (κ1) is 10.2. The largest absolute Gasteiger partial charge is 0.370 e. The summed E-state index contributed by atoms with van der Waals surface area (Å²) in [6, 6.07) is 3.94. The number of carbonyl (C=O) groups is 1. The predicted molar refractivity (Wildman–Crippen MR) is 54.4 cm³/mol. The third-order valence-corrected chi connectivity index (χ3v) is 3.13. The molecule has 0 aromatic carbocycles. The summed E-state index contributed by atoms with van der Waals surface area (Å²) in [4.78, 5) is 12.9. The van der Waals surface area contributed by atoms with E-state index in [0.29, 0.717) is 0 Å². The van der Waals surface area contributed by atoms with E-state index in [1.165, 1.54) is 4.88 Å². The lowest BCUT2D eigenvalue weighted by atomic mass is 9.97. The van der Waals surface area contributed by atoms with Crippen molar-refractivity contribution in [3.05, 3.63) is 21.9 Å². The summed E-state index contributed by atoms with van der Waals surface area (Å²) in [6.07, 6.45) is 0.187. The number of hydrogen-bond acceptors (Lipinski definition) is 3. The quantitative estimate of drug-likeness (QED) is 0.763. The molecular formula is C9H14N2OS. The summed E-state index contributed by atoms with van der Waals surface area (Å²) in [5, 5.41) is 0. The van der Waals surface area contributed by atoms with Crippen molar-refractivity contribution < 1.29 is 4.79 Å². The Morgan fingerprint density at radius 3 is 2.62 bits per heavy atom. The molecule has 1 atom stereocenters. The molecule has 0 aliphatic carbocycles. The molecule has 0 saturated carbocycles. The van der Waals surface area contributed by atoms with Crippen molar-refractivity contribution in [2.45, 2.75) is 25.8 Å². The van der Waals surface area contributed by atoms with Crippen molar-refractivity contribution in [2.75, 3.05) is 0 Å². The summed E-state index contributed by atoms with van der Waals surface area (Å²) in [6.45, 7) is 3.83. The van der Waals surface area contributed by atoms with E-state index < -0.39 is 5.54 Å². The van der Waals surface area contributed by atoms with Gasteiger partial charge >= 0.3 is 0 Å². The zero-order chi connectivity index (χ0) is 10.1. The Morgan fingerprint density at radius 2 is 2.23 bits per heavy atom. The van der Waals surface area contributed by atoms with Crippen LogP contribution in [-0.2, 0) is 10.3 Å². The Kier molecular flexibility index (Phi) is 2.73. The second-order valence-electron chi connectivity index (χ2n) is 3.47. The topological polar surface area (TPSA) is 69.1 Å². The third-order valence-electron chi connectivity index (χ3n) is 1.84. The van der Waals surface area contributed by atoms with Crippen LogP contribution in [0.25, 0.3) is 0 Å². The second kappa shape index (κ2) is 3.47. The average molecular weight is 198 g/mol. The first-order valence-electron chi connectivity index (χ1n) is 4.06. The number of carbonyl (C=O) groups excluding carboxylic acids is 1. The highest BCUT2D eigenvalue weighted by Crippen LogP contribution is 2.28. The molecular weight excluding hydrogens is 184 g/mol. The molecule has 3 nitrogen and oxygen atoms in total. The number of hydrogen-bond donors (Lipinski definition) is 2. The maximum atomic E-state index is 10.7. The molecule has 1 rings (SSSR count). The number of rotatable bonds is 3. The van der Waals surface area contributed by atoms with Gasteiger partial charge in [-0.1, -0.05) is 0 Å². The van der Waals surface area contributed by atoms with E-state index in [2.05, 4.69) is 0 Å². The highest BCUT2D eigenvalue weighted by atomic mass is 32.1. The summed E-state index contributed by atoms with van der Waals surface area (Å²) in [5.41, 5.74) is 10.5. The van der Waals surface area contributed by atoms with Crippen LogP contribution in [0, 0.1) is 6.92 Å². The summed E-state index contributed by atoms with van der Waals surface area (Å²) in [5.74, 6) is -0.365.